The van der Waals surface area contributed by atoms with E-state index in [-0.39, 0.29) is 10.6 Å². The van der Waals surface area contributed by atoms with Crippen molar-refractivity contribution in [1.82, 2.24) is 0 Å². The van der Waals surface area contributed by atoms with Crippen LogP contribution in [0.15, 0.2) is 30.4 Å². The lowest BCUT2D eigenvalue weighted by molar-refractivity contribution is -0.385. The van der Waals surface area contributed by atoms with Gasteiger partial charge in [-0.05, 0) is 25.8 Å². The quantitative estimate of drug-likeness (QED) is 0.482. The van der Waals surface area contributed by atoms with Gasteiger partial charge in [-0.2, -0.15) is 0 Å². The lowest BCUT2D eigenvalue weighted by Gasteiger charge is -2.13. The van der Waals surface area contributed by atoms with Crippen molar-refractivity contribution in [1.29, 1.82) is 0 Å². The number of hydrogen-bond acceptors (Lipinski definition) is 3. The Hall–Kier alpha value is -1.84. The number of anilines is 1. The minimum Gasteiger partial charge on any atom is -0.381 e. The minimum absolute atomic E-state index is 0.177. The highest BCUT2D eigenvalue weighted by Crippen LogP contribution is 2.24. The molecule has 16 heavy (non-hydrogen) atoms. The Morgan fingerprint density at radius 3 is 2.69 bits per heavy atom. The molecule has 0 atom stereocenters. The normalized spacial score (nSPS) is 15.3. The number of benzene rings is 1. The maximum Gasteiger partial charge on any atom is 0.274 e. The molecule has 0 amide bonds. The summed E-state index contributed by atoms with van der Waals surface area (Å²) in [4.78, 5) is 10.4. The number of nitrogens with one attached hydrogen (secondary N) is 1. The van der Waals surface area contributed by atoms with E-state index in [1.165, 1.54) is 0 Å². The number of nitro benzene ring substituents is 1. The van der Waals surface area contributed by atoms with Crippen LogP contribution in [0.1, 0.15) is 18.4 Å². The average molecular weight is 218 g/mol. The molecule has 4 heteroatoms. The number of hydrogen-bond donors (Lipinski definition) is 1. The molecule has 0 fully saturated rings. The highest BCUT2D eigenvalue weighted by Gasteiger charge is 2.14. The van der Waals surface area contributed by atoms with Crippen molar-refractivity contribution in [2.45, 2.75) is 25.8 Å². The van der Waals surface area contributed by atoms with Gasteiger partial charge in [-0.1, -0.05) is 18.2 Å². The Balaban J connectivity index is 2.15. The average Bonchev–Trinajstić information content (AvgIpc) is 2.73. The van der Waals surface area contributed by atoms with Crippen molar-refractivity contribution >= 4 is 11.4 Å². The van der Waals surface area contributed by atoms with Gasteiger partial charge in [-0.3, -0.25) is 10.1 Å². The third-order valence-corrected chi connectivity index (χ3v) is 2.78. The van der Waals surface area contributed by atoms with Crippen molar-refractivity contribution in [3.63, 3.8) is 0 Å². The first-order valence-corrected chi connectivity index (χ1v) is 5.33. The van der Waals surface area contributed by atoms with Crippen molar-refractivity contribution in [3.05, 3.63) is 46.0 Å². The van der Waals surface area contributed by atoms with Gasteiger partial charge in [0, 0.05) is 23.4 Å². The molecule has 0 aliphatic heterocycles. The summed E-state index contributed by atoms with van der Waals surface area (Å²) in [5.41, 5.74) is 1.70. The van der Waals surface area contributed by atoms with E-state index in [1.807, 2.05) is 6.07 Å². The minimum atomic E-state index is -0.340. The first kappa shape index (κ1) is 10.7. The van der Waals surface area contributed by atoms with Crippen LogP contribution >= 0.6 is 0 Å². The molecule has 1 aliphatic rings. The summed E-state index contributed by atoms with van der Waals surface area (Å²) in [7, 11) is 0. The van der Waals surface area contributed by atoms with Gasteiger partial charge in [0.15, 0.2) is 0 Å². The fourth-order valence-electron chi connectivity index (χ4n) is 1.87. The second-order valence-electron chi connectivity index (χ2n) is 4.04. The van der Waals surface area contributed by atoms with Crippen molar-refractivity contribution in [2.75, 3.05) is 5.32 Å². The molecule has 0 heterocycles. The van der Waals surface area contributed by atoms with E-state index in [2.05, 4.69) is 17.5 Å². The van der Waals surface area contributed by atoms with Gasteiger partial charge in [-0.15, -0.1) is 0 Å². The largest absolute Gasteiger partial charge is 0.381 e. The highest BCUT2D eigenvalue weighted by atomic mass is 16.6. The van der Waals surface area contributed by atoms with E-state index in [0.717, 1.165) is 18.5 Å². The lowest BCUT2D eigenvalue weighted by Crippen LogP contribution is -2.15. The number of nitrogens with zero attached hydrogens (tertiary/aromatic N) is 1. The van der Waals surface area contributed by atoms with Gasteiger partial charge in [0.05, 0.1) is 4.92 Å². The van der Waals surface area contributed by atoms with E-state index in [4.69, 9.17) is 0 Å². The van der Waals surface area contributed by atoms with Gasteiger partial charge in [0.25, 0.3) is 5.69 Å². The number of nitro groups is 1. The third kappa shape index (κ3) is 2.21. The predicted octanol–water partition coefficient (Wildman–Crippen LogP) is 3.03. The summed E-state index contributed by atoms with van der Waals surface area (Å²) in [6.45, 7) is 1.75. The maximum atomic E-state index is 10.8. The summed E-state index contributed by atoms with van der Waals surface area (Å²) in [6, 6.07) is 5.65. The predicted molar refractivity (Wildman–Crippen MR) is 63.6 cm³/mol. The summed E-state index contributed by atoms with van der Waals surface area (Å²) >= 11 is 0. The molecule has 0 spiro atoms. The monoisotopic (exact) mass is 218 g/mol. The third-order valence-electron chi connectivity index (χ3n) is 2.78. The van der Waals surface area contributed by atoms with Gasteiger partial charge < -0.3 is 5.32 Å². The molecule has 1 aliphatic carbocycles. The van der Waals surface area contributed by atoms with Crippen LogP contribution in [0.4, 0.5) is 11.4 Å². The Morgan fingerprint density at radius 1 is 1.38 bits per heavy atom. The summed E-state index contributed by atoms with van der Waals surface area (Å²) in [6.07, 6.45) is 6.23. The van der Waals surface area contributed by atoms with Gasteiger partial charge >= 0.3 is 0 Å². The summed E-state index contributed by atoms with van der Waals surface area (Å²) in [5.74, 6) is 0. The Labute approximate surface area is 94.1 Å². The molecular weight excluding hydrogens is 204 g/mol. The zero-order chi connectivity index (χ0) is 11.5. The summed E-state index contributed by atoms with van der Waals surface area (Å²) in [5, 5.41) is 14.1. The number of rotatable bonds is 3. The van der Waals surface area contributed by atoms with E-state index < -0.39 is 0 Å². The first-order valence-electron chi connectivity index (χ1n) is 5.33. The fourth-order valence-corrected chi connectivity index (χ4v) is 1.87. The fraction of sp³-hybridized carbons (Fsp3) is 0.333. The molecule has 2 rings (SSSR count). The van der Waals surface area contributed by atoms with Crippen molar-refractivity contribution in [2.24, 2.45) is 0 Å². The second-order valence-corrected chi connectivity index (χ2v) is 4.04. The Bertz CT molecular complexity index is 433. The molecule has 0 saturated heterocycles. The molecule has 0 radical (unpaired) electrons. The van der Waals surface area contributed by atoms with Crippen LogP contribution in [0.25, 0.3) is 0 Å². The molecule has 0 aromatic heterocycles. The first-order chi connectivity index (χ1) is 7.66. The molecule has 0 unspecified atom stereocenters. The summed E-state index contributed by atoms with van der Waals surface area (Å²) < 4.78 is 0. The van der Waals surface area contributed by atoms with Gasteiger partial charge in [0.2, 0.25) is 0 Å². The van der Waals surface area contributed by atoms with Crippen molar-refractivity contribution in [3.8, 4) is 0 Å². The van der Waals surface area contributed by atoms with Gasteiger partial charge in [0.1, 0.15) is 0 Å². The van der Waals surface area contributed by atoms with Crippen molar-refractivity contribution < 1.29 is 4.92 Å². The molecule has 0 saturated carbocycles. The molecular formula is C12H14N2O2. The smallest absolute Gasteiger partial charge is 0.274 e. The van der Waals surface area contributed by atoms with Gasteiger partial charge in [-0.25, -0.2) is 0 Å². The molecule has 4 nitrogen and oxygen atoms in total. The van der Waals surface area contributed by atoms with E-state index in [0.29, 0.717) is 11.6 Å². The number of aryl methyl sites for hydroxylation is 1. The zero-order valence-corrected chi connectivity index (χ0v) is 9.14. The van der Waals surface area contributed by atoms with Crippen LogP contribution in [0.3, 0.4) is 0 Å². The standard InChI is InChI=1S/C12H14N2O2/c1-9-6-7-11(8-12(9)14(15)16)13-10-4-2-3-5-10/h2-3,6-8,10,13H,4-5H2,1H3. The molecule has 0 bridgehead atoms. The Morgan fingerprint density at radius 2 is 2.06 bits per heavy atom. The molecule has 84 valence electrons. The highest BCUT2D eigenvalue weighted by molar-refractivity contribution is 5.55. The topological polar surface area (TPSA) is 55.2 Å². The van der Waals surface area contributed by atoms with Crippen LogP contribution in [0.5, 0.6) is 0 Å². The lowest BCUT2D eigenvalue weighted by atomic mass is 10.1. The van der Waals surface area contributed by atoms with Crippen LogP contribution < -0.4 is 5.32 Å². The van der Waals surface area contributed by atoms with Crippen LogP contribution in [0.2, 0.25) is 0 Å². The Kier molecular flexibility index (Phi) is 2.90. The molecule has 1 N–H and O–H groups in total. The zero-order valence-electron chi connectivity index (χ0n) is 9.14. The van der Waals surface area contributed by atoms with Crippen LogP contribution in [-0.4, -0.2) is 11.0 Å². The molecule has 1 aromatic carbocycles. The molecule has 1 aromatic rings. The van der Waals surface area contributed by atoms with E-state index in [1.54, 1.807) is 19.1 Å². The maximum absolute atomic E-state index is 10.8. The van der Waals surface area contributed by atoms with Crippen LogP contribution in [-0.2, 0) is 0 Å². The van der Waals surface area contributed by atoms with E-state index >= 15 is 0 Å². The van der Waals surface area contributed by atoms with Crippen LogP contribution in [0, 0.1) is 17.0 Å². The SMILES string of the molecule is Cc1ccc(NC2CC=CC2)cc1[N+](=O)[O-]. The van der Waals surface area contributed by atoms with E-state index in [9.17, 15) is 10.1 Å². The second kappa shape index (κ2) is 4.35.